The summed E-state index contributed by atoms with van der Waals surface area (Å²) in [5, 5.41) is 0. The summed E-state index contributed by atoms with van der Waals surface area (Å²) in [6.07, 6.45) is 7.12. The van der Waals surface area contributed by atoms with Crippen LogP contribution < -0.4 is 0 Å². The van der Waals surface area contributed by atoms with Crippen LogP contribution in [0.4, 0.5) is 0 Å². The van der Waals surface area contributed by atoms with Crippen molar-refractivity contribution in [3.63, 3.8) is 0 Å². The van der Waals surface area contributed by atoms with Gasteiger partial charge in [0.15, 0.2) is 0 Å². The molecule has 0 aromatic carbocycles. The van der Waals surface area contributed by atoms with Crippen LogP contribution >= 0.6 is 0 Å². The molecule has 0 spiro atoms. The lowest BCUT2D eigenvalue weighted by Gasteiger charge is -2.29. The molecule has 0 heterocycles. The van der Waals surface area contributed by atoms with Gasteiger partial charge in [-0.15, -0.1) is 0 Å². The highest BCUT2D eigenvalue weighted by molar-refractivity contribution is 5.72. The van der Waals surface area contributed by atoms with Gasteiger partial charge in [0.25, 0.3) is 0 Å². The molecule has 0 aromatic rings. The summed E-state index contributed by atoms with van der Waals surface area (Å²) in [5.41, 5.74) is 0. The van der Waals surface area contributed by atoms with Gasteiger partial charge in [0, 0.05) is 0 Å². The minimum atomic E-state index is 0.0469. The molecule has 2 nitrogen and oxygen atoms in total. The second-order valence-corrected chi connectivity index (χ2v) is 4.19. The van der Waals surface area contributed by atoms with Crippen LogP contribution in [0, 0.1) is 11.8 Å². The molecule has 1 rings (SSSR count). The third-order valence-corrected chi connectivity index (χ3v) is 3.16. The number of ether oxygens (including phenoxy) is 1. The maximum Gasteiger partial charge on any atom is 0.309 e. The molecule has 0 radical (unpaired) electrons. The van der Waals surface area contributed by atoms with E-state index in [-0.39, 0.29) is 11.9 Å². The first-order valence-electron chi connectivity index (χ1n) is 5.96. The highest BCUT2D eigenvalue weighted by Crippen LogP contribution is 2.33. The van der Waals surface area contributed by atoms with Crippen molar-refractivity contribution in [2.75, 3.05) is 6.61 Å². The molecule has 2 atom stereocenters. The van der Waals surface area contributed by atoms with E-state index in [4.69, 9.17) is 4.74 Å². The Morgan fingerprint density at radius 3 is 2.64 bits per heavy atom. The number of esters is 1. The largest absolute Gasteiger partial charge is 0.466 e. The van der Waals surface area contributed by atoms with E-state index in [9.17, 15) is 4.79 Å². The fraction of sp³-hybridized carbons (Fsp3) is 0.917. The first-order valence-corrected chi connectivity index (χ1v) is 5.96. The van der Waals surface area contributed by atoms with Crippen molar-refractivity contribution in [3.05, 3.63) is 0 Å². The van der Waals surface area contributed by atoms with Gasteiger partial charge in [-0.2, -0.15) is 0 Å². The Balaban J connectivity index is 2.48. The quantitative estimate of drug-likeness (QED) is 0.649. The Kier molecular flexibility index (Phi) is 4.99. The molecule has 2 heteroatoms. The molecule has 82 valence electrons. The van der Waals surface area contributed by atoms with Crippen molar-refractivity contribution >= 4 is 5.97 Å². The summed E-state index contributed by atoms with van der Waals surface area (Å²) in [5.74, 6) is 0.835. The summed E-state index contributed by atoms with van der Waals surface area (Å²) < 4.78 is 5.12. The van der Waals surface area contributed by atoms with E-state index in [1.807, 2.05) is 6.92 Å². The standard InChI is InChI=1S/C12H22O2/c1-3-7-10-8-5-6-9-11(10)12(13)14-4-2/h10-11H,3-9H2,1-2H3. The minimum absolute atomic E-state index is 0.0469. The number of carbonyl (C=O) groups excluding carboxylic acids is 1. The summed E-state index contributed by atoms with van der Waals surface area (Å²) in [4.78, 5) is 11.7. The summed E-state index contributed by atoms with van der Waals surface area (Å²) in [6.45, 7) is 4.60. The maximum absolute atomic E-state index is 11.7. The molecule has 0 bridgehead atoms. The van der Waals surface area contributed by atoms with Crippen molar-refractivity contribution < 1.29 is 9.53 Å². The molecule has 1 fully saturated rings. The molecule has 2 unspecified atom stereocenters. The zero-order valence-corrected chi connectivity index (χ0v) is 9.42. The van der Waals surface area contributed by atoms with Gasteiger partial charge in [-0.1, -0.05) is 26.2 Å². The van der Waals surface area contributed by atoms with Crippen molar-refractivity contribution in [1.29, 1.82) is 0 Å². The van der Waals surface area contributed by atoms with E-state index < -0.39 is 0 Å². The fourth-order valence-corrected chi connectivity index (χ4v) is 2.48. The topological polar surface area (TPSA) is 26.3 Å². The number of hydrogen-bond acceptors (Lipinski definition) is 2. The van der Waals surface area contributed by atoms with Crippen molar-refractivity contribution in [2.24, 2.45) is 11.8 Å². The molecule has 0 aromatic heterocycles. The molecule has 1 aliphatic rings. The number of hydrogen-bond donors (Lipinski definition) is 0. The van der Waals surface area contributed by atoms with Gasteiger partial charge < -0.3 is 4.74 Å². The molecular weight excluding hydrogens is 176 g/mol. The Bertz CT molecular complexity index is 175. The number of rotatable bonds is 4. The zero-order chi connectivity index (χ0) is 10.4. The first kappa shape index (κ1) is 11.5. The Morgan fingerprint density at radius 2 is 2.00 bits per heavy atom. The molecule has 0 saturated heterocycles. The third-order valence-electron chi connectivity index (χ3n) is 3.16. The van der Waals surface area contributed by atoms with Crippen LogP contribution in [-0.4, -0.2) is 12.6 Å². The van der Waals surface area contributed by atoms with Crippen LogP contribution in [0.25, 0.3) is 0 Å². The molecular formula is C12H22O2. The third kappa shape index (κ3) is 3.00. The van der Waals surface area contributed by atoms with Gasteiger partial charge in [-0.05, 0) is 32.1 Å². The summed E-state index contributed by atoms with van der Waals surface area (Å²) >= 11 is 0. The van der Waals surface area contributed by atoms with Crippen molar-refractivity contribution in [3.8, 4) is 0 Å². The molecule has 1 aliphatic carbocycles. The lowest BCUT2D eigenvalue weighted by atomic mass is 9.77. The summed E-state index contributed by atoms with van der Waals surface area (Å²) in [7, 11) is 0. The van der Waals surface area contributed by atoms with E-state index >= 15 is 0 Å². The second kappa shape index (κ2) is 6.05. The number of carbonyl (C=O) groups is 1. The molecule has 0 aliphatic heterocycles. The van der Waals surface area contributed by atoms with Crippen LogP contribution in [-0.2, 0) is 9.53 Å². The van der Waals surface area contributed by atoms with Crippen molar-refractivity contribution in [1.82, 2.24) is 0 Å². The zero-order valence-electron chi connectivity index (χ0n) is 9.42. The Labute approximate surface area is 87.0 Å². The van der Waals surface area contributed by atoms with Gasteiger partial charge in [-0.25, -0.2) is 0 Å². The van der Waals surface area contributed by atoms with Crippen LogP contribution in [0.2, 0.25) is 0 Å². The van der Waals surface area contributed by atoms with Gasteiger partial charge in [-0.3, -0.25) is 4.79 Å². The lowest BCUT2D eigenvalue weighted by molar-refractivity contribution is -0.151. The van der Waals surface area contributed by atoms with Crippen LogP contribution in [0.1, 0.15) is 52.4 Å². The highest BCUT2D eigenvalue weighted by atomic mass is 16.5. The molecule has 1 saturated carbocycles. The second-order valence-electron chi connectivity index (χ2n) is 4.19. The predicted molar refractivity (Wildman–Crippen MR) is 57.0 cm³/mol. The van der Waals surface area contributed by atoms with Crippen LogP contribution in [0.3, 0.4) is 0 Å². The van der Waals surface area contributed by atoms with Crippen LogP contribution in [0.15, 0.2) is 0 Å². The Hall–Kier alpha value is -0.530. The van der Waals surface area contributed by atoms with Gasteiger partial charge in [0.05, 0.1) is 12.5 Å². The van der Waals surface area contributed by atoms with Gasteiger partial charge >= 0.3 is 5.97 Å². The maximum atomic E-state index is 11.7. The van der Waals surface area contributed by atoms with Crippen LogP contribution in [0.5, 0.6) is 0 Å². The molecule has 14 heavy (non-hydrogen) atoms. The minimum Gasteiger partial charge on any atom is -0.466 e. The van der Waals surface area contributed by atoms with Gasteiger partial charge in [0.2, 0.25) is 0 Å². The van der Waals surface area contributed by atoms with E-state index in [2.05, 4.69) is 6.92 Å². The van der Waals surface area contributed by atoms with E-state index in [0.717, 1.165) is 6.42 Å². The predicted octanol–water partition coefficient (Wildman–Crippen LogP) is 3.16. The fourth-order valence-electron chi connectivity index (χ4n) is 2.48. The smallest absolute Gasteiger partial charge is 0.309 e. The SMILES string of the molecule is CCCC1CCCCC1C(=O)OCC. The van der Waals surface area contributed by atoms with E-state index in [1.54, 1.807) is 0 Å². The summed E-state index contributed by atoms with van der Waals surface area (Å²) in [6, 6.07) is 0. The first-order chi connectivity index (χ1) is 6.79. The average Bonchev–Trinajstić information content (AvgIpc) is 2.19. The van der Waals surface area contributed by atoms with Crippen molar-refractivity contribution in [2.45, 2.75) is 52.4 Å². The monoisotopic (exact) mass is 198 g/mol. The normalized spacial score (nSPS) is 27.3. The van der Waals surface area contributed by atoms with E-state index in [0.29, 0.717) is 12.5 Å². The average molecular weight is 198 g/mol. The van der Waals surface area contributed by atoms with Gasteiger partial charge in [0.1, 0.15) is 0 Å². The molecule has 0 N–H and O–H groups in total. The van der Waals surface area contributed by atoms with E-state index in [1.165, 1.54) is 32.1 Å². The lowest BCUT2D eigenvalue weighted by Crippen LogP contribution is -2.28. The highest BCUT2D eigenvalue weighted by Gasteiger charge is 2.30. The Morgan fingerprint density at radius 1 is 1.29 bits per heavy atom. The molecule has 0 amide bonds.